The van der Waals surface area contributed by atoms with E-state index in [0.29, 0.717) is 17.4 Å². The lowest BCUT2D eigenvalue weighted by atomic mass is 9.97. The second-order valence-corrected chi connectivity index (χ2v) is 5.70. The molecule has 23 heavy (non-hydrogen) atoms. The molecule has 0 saturated heterocycles. The van der Waals surface area contributed by atoms with E-state index in [0.717, 1.165) is 25.7 Å². The maximum atomic E-state index is 12.5. The van der Waals surface area contributed by atoms with Crippen molar-refractivity contribution in [2.24, 2.45) is 5.73 Å². The molecule has 1 heterocycles. The van der Waals surface area contributed by atoms with Gasteiger partial charge in [-0.15, -0.1) is 12.4 Å². The van der Waals surface area contributed by atoms with E-state index < -0.39 is 4.92 Å². The average Bonchev–Trinajstić information content (AvgIpc) is 3.13. The number of halogens is 1. The summed E-state index contributed by atoms with van der Waals surface area (Å²) >= 11 is 0. The van der Waals surface area contributed by atoms with Crippen LogP contribution >= 0.6 is 12.4 Å². The number of nitrogens with one attached hydrogen (secondary N) is 2. The van der Waals surface area contributed by atoms with Crippen LogP contribution in [-0.2, 0) is 0 Å². The molecule has 124 valence electrons. The van der Waals surface area contributed by atoms with Gasteiger partial charge in [0.2, 0.25) is 0 Å². The van der Waals surface area contributed by atoms with Gasteiger partial charge in [0.15, 0.2) is 5.69 Å². The normalized spacial score (nSPS) is 16.0. The van der Waals surface area contributed by atoms with E-state index in [-0.39, 0.29) is 35.2 Å². The Bertz CT molecular complexity index is 739. The van der Waals surface area contributed by atoms with Gasteiger partial charge >= 0.3 is 0 Å². The van der Waals surface area contributed by atoms with E-state index in [1.807, 2.05) is 0 Å². The van der Waals surface area contributed by atoms with E-state index in [9.17, 15) is 14.9 Å². The number of carbonyl (C=O) groups is 1. The number of hydrogen-bond acceptors (Lipinski definition) is 5. The first-order valence-corrected chi connectivity index (χ1v) is 7.20. The Kier molecular flexibility index (Phi) is 4.86. The zero-order valence-electron chi connectivity index (χ0n) is 12.4. The van der Waals surface area contributed by atoms with Crippen LogP contribution in [0.1, 0.15) is 36.2 Å². The van der Waals surface area contributed by atoms with Crippen LogP contribution in [0, 0.1) is 10.1 Å². The average molecular weight is 340 g/mol. The SMILES string of the molecule is Cl.NCC1(NC(=O)c2n[nH]c3ccc([N+](=O)[O-])cc23)CCCC1. The van der Waals surface area contributed by atoms with Crippen LogP contribution in [0.3, 0.4) is 0 Å². The standard InChI is InChI=1S/C14H17N5O3.ClH/c15-8-14(5-1-2-6-14)16-13(20)12-10-7-9(19(21)22)3-4-11(10)17-18-12;/h3-4,7H,1-2,5-6,8,15H2,(H,16,20)(H,17,18);1H. The highest BCUT2D eigenvalue weighted by Gasteiger charge is 2.35. The van der Waals surface area contributed by atoms with Gasteiger partial charge in [0, 0.05) is 24.1 Å². The zero-order chi connectivity index (χ0) is 15.7. The Labute approximate surface area is 138 Å². The number of nitro benzene ring substituents is 1. The quantitative estimate of drug-likeness (QED) is 0.579. The molecular weight excluding hydrogens is 322 g/mol. The Morgan fingerprint density at radius 2 is 2.13 bits per heavy atom. The molecule has 4 N–H and O–H groups in total. The van der Waals surface area contributed by atoms with Crippen molar-refractivity contribution in [1.82, 2.24) is 15.5 Å². The number of non-ortho nitro benzene ring substituents is 1. The molecule has 1 aliphatic carbocycles. The van der Waals surface area contributed by atoms with Gasteiger partial charge in [-0.05, 0) is 18.9 Å². The highest BCUT2D eigenvalue weighted by molar-refractivity contribution is 6.05. The highest BCUT2D eigenvalue weighted by Crippen LogP contribution is 2.29. The molecule has 1 aromatic heterocycles. The fourth-order valence-electron chi connectivity index (χ4n) is 3.02. The molecule has 0 bridgehead atoms. The maximum Gasteiger partial charge on any atom is 0.272 e. The largest absolute Gasteiger partial charge is 0.344 e. The van der Waals surface area contributed by atoms with E-state index >= 15 is 0 Å². The molecule has 1 aromatic carbocycles. The van der Waals surface area contributed by atoms with Gasteiger partial charge in [-0.2, -0.15) is 5.10 Å². The summed E-state index contributed by atoms with van der Waals surface area (Å²) in [6.45, 7) is 0.376. The van der Waals surface area contributed by atoms with Gasteiger partial charge < -0.3 is 11.1 Å². The van der Waals surface area contributed by atoms with E-state index in [1.165, 1.54) is 12.1 Å². The summed E-state index contributed by atoms with van der Waals surface area (Å²) in [6, 6.07) is 4.28. The third-order valence-corrected chi connectivity index (χ3v) is 4.30. The van der Waals surface area contributed by atoms with Crippen LogP contribution in [0.4, 0.5) is 5.69 Å². The van der Waals surface area contributed by atoms with Crippen LogP contribution in [-0.4, -0.2) is 33.1 Å². The minimum atomic E-state index is -0.494. The van der Waals surface area contributed by atoms with E-state index in [4.69, 9.17) is 5.73 Å². The van der Waals surface area contributed by atoms with Crippen LogP contribution in [0.2, 0.25) is 0 Å². The summed E-state index contributed by atoms with van der Waals surface area (Å²) in [6.07, 6.45) is 3.75. The van der Waals surface area contributed by atoms with Crippen molar-refractivity contribution < 1.29 is 9.72 Å². The number of aromatic amines is 1. The number of aromatic nitrogens is 2. The fraction of sp³-hybridized carbons (Fsp3) is 0.429. The van der Waals surface area contributed by atoms with Crippen molar-refractivity contribution in [2.45, 2.75) is 31.2 Å². The molecule has 9 heteroatoms. The first kappa shape index (κ1) is 17.2. The number of nitrogens with two attached hydrogens (primary N) is 1. The summed E-state index contributed by atoms with van der Waals surface area (Å²) in [5.74, 6) is -0.348. The second-order valence-electron chi connectivity index (χ2n) is 5.70. The summed E-state index contributed by atoms with van der Waals surface area (Å²) in [4.78, 5) is 22.9. The third-order valence-electron chi connectivity index (χ3n) is 4.30. The first-order chi connectivity index (χ1) is 10.5. The lowest BCUT2D eigenvalue weighted by Gasteiger charge is -2.28. The molecule has 0 radical (unpaired) electrons. The summed E-state index contributed by atoms with van der Waals surface area (Å²) in [5.41, 5.74) is 6.11. The Balaban J connectivity index is 0.00000192. The van der Waals surface area contributed by atoms with Gasteiger partial charge in [0.1, 0.15) is 0 Å². The maximum absolute atomic E-state index is 12.5. The molecule has 2 aromatic rings. The molecule has 0 aliphatic heterocycles. The molecule has 1 aliphatic rings. The molecule has 1 fully saturated rings. The molecule has 0 unspecified atom stereocenters. The van der Waals surface area contributed by atoms with Crippen LogP contribution < -0.4 is 11.1 Å². The second kappa shape index (κ2) is 6.51. The predicted octanol–water partition coefficient (Wildman–Crippen LogP) is 1.89. The number of fused-ring (bicyclic) bond motifs is 1. The number of H-pyrrole nitrogens is 1. The zero-order valence-corrected chi connectivity index (χ0v) is 13.2. The van der Waals surface area contributed by atoms with Crippen molar-refractivity contribution >= 4 is 34.9 Å². The number of nitro groups is 1. The first-order valence-electron chi connectivity index (χ1n) is 7.20. The molecule has 0 spiro atoms. The van der Waals surface area contributed by atoms with Gasteiger partial charge in [-0.1, -0.05) is 12.8 Å². The number of rotatable bonds is 4. The van der Waals surface area contributed by atoms with Gasteiger partial charge in [-0.3, -0.25) is 20.0 Å². The third kappa shape index (κ3) is 3.13. The lowest BCUT2D eigenvalue weighted by molar-refractivity contribution is -0.384. The molecule has 8 nitrogen and oxygen atoms in total. The Morgan fingerprint density at radius 3 is 2.74 bits per heavy atom. The summed E-state index contributed by atoms with van der Waals surface area (Å²) in [7, 11) is 0. The number of benzene rings is 1. The van der Waals surface area contributed by atoms with E-state index in [2.05, 4.69) is 15.5 Å². The monoisotopic (exact) mass is 339 g/mol. The number of carbonyl (C=O) groups excluding carboxylic acids is 1. The fourth-order valence-corrected chi connectivity index (χ4v) is 3.02. The van der Waals surface area contributed by atoms with Crippen molar-refractivity contribution in [1.29, 1.82) is 0 Å². The summed E-state index contributed by atoms with van der Waals surface area (Å²) in [5, 5.41) is 21.0. The molecular formula is C14H18ClN5O3. The van der Waals surface area contributed by atoms with Crippen LogP contribution in [0.15, 0.2) is 18.2 Å². The van der Waals surface area contributed by atoms with Crippen LogP contribution in [0.25, 0.3) is 10.9 Å². The molecule has 1 amide bonds. The van der Waals surface area contributed by atoms with E-state index in [1.54, 1.807) is 6.07 Å². The van der Waals surface area contributed by atoms with Crippen molar-refractivity contribution in [3.05, 3.63) is 34.0 Å². The van der Waals surface area contributed by atoms with Gasteiger partial charge in [-0.25, -0.2) is 0 Å². The molecule has 0 atom stereocenters. The minimum absolute atomic E-state index is 0. The van der Waals surface area contributed by atoms with Crippen molar-refractivity contribution in [2.75, 3.05) is 6.54 Å². The van der Waals surface area contributed by atoms with Crippen LogP contribution in [0.5, 0.6) is 0 Å². The predicted molar refractivity (Wildman–Crippen MR) is 87.7 cm³/mol. The lowest BCUT2D eigenvalue weighted by Crippen LogP contribution is -2.51. The van der Waals surface area contributed by atoms with Crippen molar-refractivity contribution in [3.63, 3.8) is 0 Å². The smallest absolute Gasteiger partial charge is 0.272 e. The number of nitrogens with zero attached hydrogens (tertiary/aromatic N) is 2. The topological polar surface area (TPSA) is 127 Å². The summed E-state index contributed by atoms with van der Waals surface area (Å²) < 4.78 is 0. The highest BCUT2D eigenvalue weighted by atomic mass is 35.5. The van der Waals surface area contributed by atoms with Gasteiger partial charge in [0.05, 0.1) is 16.0 Å². The Hall–Kier alpha value is -2.19. The number of hydrogen-bond donors (Lipinski definition) is 3. The van der Waals surface area contributed by atoms with Gasteiger partial charge in [0.25, 0.3) is 11.6 Å². The molecule has 3 rings (SSSR count). The minimum Gasteiger partial charge on any atom is -0.344 e. The van der Waals surface area contributed by atoms with Crippen molar-refractivity contribution in [3.8, 4) is 0 Å². The Morgan fingerprint density at radius 1 is 1.43 bits per heavy atom. The molecule has 1 saturated carbocycles. The number of amides is 1.